The summed E-state index contributed by atoms with van der Waals surface area (Å²) in [5, 5.41) is 19.5. The number of rotatable bonds is 2. The summed E-state index contributed by atoms with van der Waals surface area (Å²) in [4.78, 5) is 0. The lowest BCUT2D eigenvalue weighted by Crippen LogP contribution is -2.47. The van der Waals surface area contributed by atoms with Crippen LogP contribution < -0.4 is 0 Å². The summed E-state index contributed by atoms with van der Waals surface area (Å²) in [7, 11) is 0. The van der Waals surface area contributed by atoms with Crippen LogP contribution in [-0.4, -0.2) is 10.7 Å². The van der Waals surface area contributed by atoms with Gasteiger partial charge in [-0.15, -0.1) is 0 Å². The highest BCUT2D eigenvalue weighted by Gasteiger charge is 2.47. The van der Waals surface area contributed by atoms with Crippen LogP contribution in [0.25, 0.3) is 0 Å². The Morgan fingerprint density at radius 2 is 2.14 bits per heavy atom. The molecule has 0 aliphatic heterocycles. The van der Waals surface area contributed by atoms with Gasteiger partial charge in [0.05, 0.1) is 17.1 Å². The molecule has 1 fully saturated rings. The molecule has 0 unspecified atom stereocenters. The van der Waals surface area contributed by atoms with E-state index in [4.69, 9.17) is 0 Å². The Morgan fingerprint density at radius 1 is 1.50 bits per heavy atom. The second-order valence-corrected chi connectivity index (χ2v) is 4.95. The lowest BCUT2D eigenvalue weighted by molar-refractivity contribution is -0.0757. The van der Waals surface area contributed by atoms with Crippen molar-refractivity contribution in [3.63, 3.8) is 0 Å². The van der Waals surface area contributed by atoms with Crippen molar-refractivity contribution in [3.05, 3.63) is 0 Å². The van der Waals surface area contributed by atoms with Crippen molar-refractivity contribution in [1.82, 2.24) is 0 Å². The van der Waals surface area contributed by atoms with Gasteiger partial charge in [0, 0.05) is 5.92 Å². The Bertz CT molecular complexity index is 237. The van der Waals surface area contributed by atoms with Crippen molar-refractivity contribution in [2.24, 2.45) is 11.3 Å². The van der Waals surface area contributed by atoms with Gasteiger partial charge in [-0.3, -0.25) is 0 Å². The Kier molecular flexibility index (Phi) is 3.21. The molecule has 2 nitrogen and oxygen atoms in total. The minimum atomic E-state index is -0.650. The average molecular weight is 195 g/mol. The zero-order valence-electron chi connectivity index (χ0n) is 9.51. The van der Waals surface area contributed by atoms with Crippen LogP contribution in [0.5, 0.6) is 0 Å². The second kappa shape index (κ2) is 3.90. The van der Waals surface area contributed by atoms with Crippen LogP contribution in [0.15, 0.2) is 0 Å². The van der Waals surface area contributed by atoms with Gasteiger partial charge in [-0.2, -0.15) is 5.26 Å². The standard InChI is InChI=1S/C12H21NO/c1-4-6-12(9-13)8-5-7-11(3,14)10(12)2/h10,14H,4-8H2,1-3H3/t10-,11-,12+/m1/s1. The molecule has 0 spiro atoms. The van der Waals surface area contributed by atoms with Crippen molar-refractivity contribution in [3.8, 4) is 6.07 Å². The van der Waals surface area contributed by atoms with Crippen molar-refractivity contribution >= 4 is 0 Å². The molecule has 1 N–H and O–H groups in total. The van der Waals surface area contributed by atoms with Crippen molar-refractivity contribution in [2.75, 3.05) is 0 Å². The number of nitrogens with zero attached hydrogens (tertiary/aromatic N) is 1. The zero-order valence-corrected chi connectivity index (χ0v) is 9.51. The molecular weight excluding hydrogens is 174 g/mol. The summed E-state index contributed by atoms with van der Waals surface area (Å²) in [6.07, 6.45) is 4.70. The van der Waals surface area contributed by atoms with Gasteiger partial charge in [0.15, 0.2) is 0 Å². The smallest absolute Gasteiger partial charge is 0.0693 e. The Hall–Kier alpha value is -0.550. The SMILES string of the molecule is CCC[C@@]1(C#N)CCC[C@@](C)(O)[C@H]1C. The predicted octanol–water partition coefficient (Wildman–Crippen LogP) is 2.87. The first-order valence-electron chi connectivity index (χ1n) is 5.62. The van der Waals surface area contributed by atoms with E-state index >= 15 is 0 Å². The molecule has 0 radical (unpaired) electrons. The van der Waals surface area contributed by atoms with Gasteiger partial charge in [-0.1, -0.05) is 20.3 Å². The maximum Gasteiger partial charge on any atom is 0.0693 e. The lowest BCUT2D eigenvalue weighted by atomic mass is 9.60. The molecule has 0 aromatic rings. The van der Waals surface area contributed by atoms with E-state index in [1.165, 1.54) is 0 Å². The number of aliphatic hydroxyl groups is 1. The molecule has 3 atom stereocenters. The number of hydrogen-bond acceptors (Lipinski definition) is 2. The van der Waals surface area contributed by atoms with Gasteiger partial charge in [-0.05, 0) is 32.6 Å². The van der Waals surface area contributed by atoms with Gasteiger partial charge in [0.1, 0.15) is 0 Å². The third-order valence-corrected chi connectivity index (χ3v) is 3.99. The first-order chi connectivity index (χ1) is 6.48. The molecule has 1 rings (SSSR count). The molecule has 1 aliphatic carbocycles. The molecule has 80 valence electrons. The third-order valence-electron chi connectivity index (χ3n) is 3.99. The predicted molar refractivity (Wildman–Crippen MR) is 56.6 cm³/mol. The average Bonchev–Trinajstić information content (AvgIpc) is 2.13. The van der Waals surface area contributed by atoms with E-state index in [-0.39, 0.29) is 11.3 Å². The minimum absolute atomic E-state index is 0.0914. The van der Waals surface area contributed by atoms with Gasteiger partial charge in [0.2, 0.25) is 0 Å². The first kappa shape index (κ1) is 11.5. The van der Waals surface area contributed by atoms with E-state index < -0.39 is 5.60 Å². The Balaban J connectivity index is 2.91. The molecule has 0 bridgehead atoms. The molecule has 0 heterocycles. The molecule has 0 aromatic heterocycles. The highest BCUT2D eigenvalue weighted by Crippen LogP contribution is 2.48. The highest BCUT2D eigenvalue weighted by atomic mass is 16.3. The monoisotopic (exact) mass is 195 g/mol. The van der Waals surface area contributed by atoms with E-state index in [0.717, 1.165) is 32.1 Å². The van der Waals surface area contributed by atoms with Gasteiger partial charge < -0.3 is 5.11 Å². The molecule has 2 heteroatoms. The second-order valence-electron chi connectivity index (χ2n) is 4.95. The third kappa shape index (κ3) is 1.79. The van der Waals surface area contributed by atoms with Crippen LogP contribution in [0.1, 0.15) is 52.9 Å². The van der Waals surface area contributed by atoms with E-state index in [9.17, 15) is 10.4 Å². The van der Waals surface area contributed by atoms with Crippen LogP contribution in [-0.2, 0) is 0 Å². The summed E-state index contributed by atoms with van der Waals surface area (Å²) in [5.41, 5.74) is -0.931. The number of nitriles is 1. The zero-order chi connectivity index (χ0) is 10.8. The van der Waals surface area contributed by atoms with Crippen molar-refractivity contribution < 1.29 is 5.11 Å². The van der Waals surface area contributed by atoms with E-state index in [1.54, 1.807) is 0 Å². The summed E-state index contributed by atoms with van der Waals surface area (Å²) in [6, 6.07) is 2.46. The van der Waals surface area contributed by atoms with Crippen LogP contribution in [0.4, 0.5) is 0 Å². The topological polar surface area (TPSA) is 44.0 Å². The van der Waals surface area contributed by atoms with E-state index in [0.29, 0.717) is 0 Å². The van der Waals surface area contributed by atoms with Crippen molar-refractivity contribution in [1.29, 1.82) is 5.26 Å². The van der Waals surface area contributed by atoms with Gasteiger partial charge in [0.25, 0.3) is 0 Å². The fourth-order valence-corrected chi connectivity index (χ4v) is 2.79. The molecule has 0 aromatic carbocycles. The fourth-order valence-electron chi connectivity index (χ4n) is 2.79. The Labute approximate surface area is 86.9 Å². The summed E-state index contributed by atoms with van der Waals surface area (Å²) < 4.78 is 0. The van der Waals surface area contributed by atoms with E-state index in [1.807, 2.05) is 13.8 Å². The summed E-state index contributed by atoms with van der Waals surface area (Å²) in [6.45, 7) is 6.01. The maximum atomic E-state index is 10.2. The van der Waals surface area contributed by atoms with Crippen LogP contribution in [0.3, 0.4) is 0 Å². The van der Waals surface area contributed by atoms with Crippen LogP contribution in [0, 0.1) is 22.7 Å². The van der Waals surface area contributed by atoms with Crippen LogP contribution >= 0.6 is 0 Å². The lowest BCUT2D eigenvalue weighted by Gasteiger charge is -2.46. The molecule has 0 amide bonds. The maximum absolute atomic E-state index is 10.2. The Morgan fingerprint density at radius 3 is 2.64 bits per heavy atom. The first-order valence-corrected chi connectivity index (χ1v) is 5.62. The normalized spacial score (nSPS) is 43.2. The van der Waals surface area contributed by atoms with Crippen LogP contribution in [0.2, 0.25) is 0 Å². The molecule has 0 saturated heterocycles. The van der Waals surface area contributed by atoms with Gasteiger partial charge in [-0.25, -0.2) is 0 Å². The molecule has 14 heavy (non-hydrogen) atoms. The highest BCUT2D eigenvalue weighted by molar-refractivity contribution is 5.09. The summed E-state index contributed by atoms with van der Waals surface area (Å²) >= 11 is 0. The molecular formula is C12H21NO. The molecule has 1 saturated carbocycles. The minimum Gasteiger partial charge on any atom is -0.390 e. The van der Waals surface area contributed by atoms with Gasteiger partial charge >= 0.3 is 0 Å². The quantitative estimate of drug-likeness (QED) is 0.736. The fraction of sp³-hybridized carbons (Fsp3) is 0.917. The number of hydrogen-bond donors (Lipinski definition) is 1. The molecule has 1 aliphatic rings. The van der Waals surface area contributed by atoms with E-state index in [2.05, 4.69) is 13.0 Å². The largest absolute Gasteiger partial charge is 0.390 e. The van der Waals surface area contributed by atoms with Crippen molar-refractivity contribution in [2.45, 2.75) is 58.5 Å². The summed E-state index contributed by atoms with van der Waals surface area (Å²) in [5.74, 6) is 0.0914.